The Balaban J connectivity index is 2.04. The van der Waals surface area contributed by atoms with E-state index < -0.39 is 0 Å². The second kappa shape index (κ2) is 8.53. The van der Waals surface area contributed by atoms with Crippen LogP contribution in [0.15, 0.2) is 48.5 Å². The van der Waals surface area contributed by atoms with Crippen molar-refractivity contribution >= 4 is 23.0 Å². The van der Waals surface area contributed by atoms with Gasteiger partial charge in [0.15, 0.2) is 5.11 Å². The second-order valence-electron chi connectivity index (χ2n) is 5.40. The van der Waals surface area contributed by atoms with Gasteiger partial charge in [-0.2, -0.15) is 0 Å². The second-order valence-corrected chi connectivity index (χ2v) is 5.81. The van der Waals surface area contributed by atoms with Gasteiger partial charge in [0.1, 0.15) is 5.75 Å². The van der Waals surface area contributed by atoms with Crippen molar-refractivity contribution in [3.05, 3.63) is 59.7 Å². The molecule has 0 spiro atoms. The van der Waals surface area contributed by atoms with E-state index in [9.17, 15) is 0 Å². The van der Waals surface area contributed by atoms with Crippen molar-refractivity contribution in [1.82, 2.24) is 5.32 Å². The first-order valence-corrected chi connectivity index (χ1v) is 8.40. The highest BCUT2D eigenvalue weighted by Crippen LogP contribution is 2.24. The fourth-order valence-electron chi connectivity index (χ4n) is 2.39. The number of benzene rings is 2. The van der Waals surface area contributed by atoms with Gasteiger partial charge in [-0.3, -0.25) is 0 Å². The fraction of sp³-hybridized carbons (Fsp3) is 0.316. The molecule has 23 heavy (non-hydrogen) atoms. The van der Waals surface area contributed by atoms with Gasteiger partial charge in [-0.1, -0.05) is 48.9 Å². The molecule has 0 radical (unpaired) electrons. The number of aryl methyl sites for hydroxylation is 1. The average Bonchev–Trinajstić information content (AvgIpc) is 2.55. The number of hydrogen-bond acceptors (Lipinski definition) is 2. The number of thiocarbonyl (C=S) groups is 1. The normalized spacial score (nSPS) is 11.6. The van der Waals surface area contributed by atoms with Gasteiger partial charge in [0.25, 0.3) is 0 Å². The molecule has 2 N–H and O–H groups in total. The van der Waals surface area contributed by atoms with E-state index >= 15 is 0 Å². The summed E-state index contributed by atoms with van der Waals surface area (Å²) in [7, 11) is 0. The van der Waals surface area contributed by atoms with E-state index in [1.54, 1.807) is 0 Å². The summed E-state index contributed by atoms with van der Waals surface area (Å²) in [4.78, 5) is 0. The molecule has 0 aliphatic heterocycles. The molecule has 0 amide bonds. The molecular weight excluding hydrogens is 304 g/mol. The molecule has 0 fully saturated rings. The highest BCUT2D eigenvalue weighted by Gasteiger charge is 2.11. The zero-order chi connectivity index (χ0) is 16.7. The summed E-state index contributed by atoms with van der Waals surface area (Å²) >= 11 is 5.47. The van der Waals surface area contributed by atoms with E-state index in [0.717, 1.165) is 17.9 Å². The van der Waals surface area contributed by atoms with Crippen LogP contribution in [0.5, 0.6) is 5.75 Å². The molecular formula is C19H24N2OS. The first-order valence-electron chi connectivity index (χ1n) is 8.00. The first-order chi connectivity index (χ1) is 11.1. The molecule has 0 aliphatic carbocycles. The van der Waals surface area contributed by atoms with Crippen LogP contribution in [0.4, 0.5) is 5.69 Å². The average molecular weight is 328 g/mol. The lowest BCUT2D eigenvalue weighted by atomic mass is 10.0. The Labute approximate surface area is 144 Å². The van der Waals surface area contributed by atoms with Crippen LogP contribution < -0.4 is 15.4 Å². The van der Waals surface area contributed by atoms with Gasteiger partial charge in [-0.15, -0.1) is 0 Å². The van der Waals surface area contributed by atoms with Gasteiger partial charge in [0, 0.05) is 0 Å². The monoisotopic (exact) mass is 328 g/mol. The zero-order valence-corrected chi connectivity index (χ0v) is 14.7. The first kappa shape index (κ1) is 17.3. The molecule has 0 aliphatic rings. The van der Waals surface area contributed by atoms with Crippen LogP contribution in [0, 0.1) is 6.92 Å². The Morgan fingerprint density at radius 3 is 2.43 bits per heavy atom. The predicted molar refractivity (Wildman–Crippen MR) is 101 cm³/mol. The maximum atomic E-state index is 5.62. The van der Waals surface area contributed by atoms with Gasteiger partial charge in [-0.25, -0.2) is 0 Å². The van der Waals surface area contributed by atoms with Crippen molar-refractivity contribution in [3.8, 4) is 5.75 Å². The molecule has 0 saturated carbocycles. The van der Waals surface area contributed by atoms with Crippen LogP contribution in [0.1, 0.15) is 37.4 Å². The van der Waals surface area contributed by atoms with E-state index in [1.807, 2.05) is 31.2 Å². The topological polar surface area (TPSA) is 33.3 Å². The Bertz CT molecular complexity index is 640. The zero-order valence-electron chi connectivity index (χ0n) is 13.9. The van der Waals surface area contributed by atoms with Gasteiger partial charge in [-0.05, 0) is 50.2 Å². The van der Waals surface area contributed by atoms with Crippen LogP contribution >= 0.6 is 12.2 Å². The van der Waals surface area contributed by atoms with Gasteiger partial charge < -0.3 is 15.4 Å². The van der Waals surface area contributed by atoms with Crippen LogP contribution in [0.25, 0.3) is 0 Å². The molecule has 2 aromatic rings. The molecule has 0 saturated heterocycles. The Morgan fingerprint density at radius 1 is 1.09 bits per heavy atom. The van der Waals surface area contributed by atoms with E-state index in [0.29, 0.717) is 11.7 Å². The largest absolute Gasteiger partial charge is 0.492 e. The number of ether oxygens (including phenoxy) is 1. The quantitative estimate of drug-likeness (QED) is 0.744. The lowest BCUT2D eigenvalue weighted by Gasteiger charge is -2.21. The van der Waals surface area contributed by atoms with E-state index in [1.165, 1.54) is 11.1 Å². The van der Waals surface area contributed by atoms with Crippen LogP contribution in [-0.2, 0) is 0 Å². The lowest BCUT2D eigenvalue weighted by molar-refractivity contribution is 0.342. The van der Waals surface area contributed by atoms with Crippen molar-refractivity contribution < 1.29 is 4.74 Å². The Hall–Kier alpha value is -2.07. The third-order valence-corrected chi connectivity index (χ3v) is 3.85. The van der Waals surface area contributed by atoms with Crippen LogP contribution in [-0.4, -0.2) is 11.7 Å². The third-order valence-electron chi connectivity index (χ3n) is 3.63. The maximum absolute atomic E-state index is 5.62. The van der Waals surface area contributed by atoms with Crippen molar-refractivity contribution in [2.45, 2.75) is 33.2 Å². The summed E-state index contributed by atoms with van der Waals surface area (Å²) in [6.45, 7) is 6.83. The highest BCUT2D eigenvalue weighted by molar-refractivity contribution is 7.80. The summed E-state index contributed by atoms with van der Waals surface area (Å²) in [6.07, 6.45) is 0.956. The molecule has 3 nitrogen and oxygen atoms in total. The highest BCUT2D eigenvalue weighted by atomic mass is 32.1. The number of anilines is 1. The molecule has 0 aromatic heterocycles. The molecule has 2 aromatic carbocycles. The van der Waals surface area contributed by atoms with Crippen LogP contribution in [0.3, 0.4) is 0 Å². The van der Waals surface area contributed by atoms with Crippen LogP contribution in [0.2, 0.25) is 0 Å². The minimum absolute atomic E-state index is 0.190. The van der Waals surface area contributed by atoms with Gasteiger partial charge in [0.2, 0.25) is 0 Å². The van der Waals surface area contributed by atoms with Gasteiger partial charge >= 0.3 is 0 Å². The molecule has 0 heterocycles. The standard InChI is InChI=1S/C19H24N2OS/c1-4-16(15-12-10-14(3)11-13-15)20-19(23)21-17-8-6-7-9-18(17)22-5-2/h6-13,16H,4-5H2,1-3H3,(H2,20,21,23). The minimum atomic E-state index is 0.190. The molecule has 1 unspecified atom stereocenters. The summed E-state index contributed by atoms with van der Waals surface area (Å²) < 4.78 is 5.62. The maximum Gasteiger partial charge on any atom is 0.171 e. The fourth-order valence-corrected chi connectivity index (χ4v) is 2.64. The third kappa shape index (κ3) is 4.96. The van der Waals surface area contributed by atoms with Crippen molar-refractivity contribution in [3.63, 3.8) is 0 Å². The minimum Gasteiger partial charge on any atom is -0.492 e. The Kier molecular flexibility index (Phi) is 6.41. The van der Waals surface area contributed by atoms with Crippen molar-refractivity contribution in [2.75, 3.05) is 11.9 Å². The van der Waals surface area contributed by atoms with Gasteiger partial charge in [0.05, 0.1) is 18.3 Å². The summed E-state index contributed by atoms with van der Waals surface area (Å²) in [5.41, 5.74) is 3.38. The Morgan fingerprint density at radius 2 is 1.78 bits per heavy atom. The predicted octanol–water partition coefficient (Wildman–Crippen LogP) is 4.83. The van der Waals surface area contributed by atoms with E-state index in [2.05, 4.69) is 48.7 Å². The lowest BCUT2D eigenvalue weighted by Crippen LogP contribution is -2.32. The number of rotatable bonds is 6. The number of nitrogens with one attached hydrogen (secondary N) is 2. The summed E-state index contributed by atoms with van der Waals surface area (Å²) in [6, 6.07) is 16.5. The molecule has 122 valence electrons. The van der Waals surface area contributed by atoms with E-state index in [4.69, 9.17) is 17.0 Å². The number of para-hydroxylation sites is 2. The SMILES string of the molecule is CCOc1ccccc1NC(=S)NC(CC)c1ccc(C)cc1. The molecule has 2 rings (SSSR count). The smallest absolute Gasteiger partial charge is 0.171 e. The van der Waals surface area contributed by atoms with Crippen molar-refractivity contribution in [2.24, 2.45) is 0 Å². The molecule has 4 heteroatoms. The van der Waals surface area contributed by atoms with E-state index in [-0.39, 0.29) is 6.04 Å². The number of hydrogen-bond donors (Lipinski definition) is 2. The van der Waals surface area contributed by atoms with Crippen molar-refractivity contribution in [1.29, 1.82) is 0 Å². The summed E-state index contributed by atoms with van der Waals surface area (Å²) in [5.74, 6) is 0.808. The molecule has 0 bridgehead atoms. The summed E-state index contributed by atoms with van der Waals surface area (Å²) in [5, 5.41) is 7.22. The molecule has 1 atom stereocenters.